The van der Waals surface area contributed by atoms with Crippen LogP contribution in [0.1, 0.15) is 15.9 Å². The van der Waals surface area contributed by atoms with Crippen molar-refractivity contribution in [2.45, 2.75) is 6.92 Å². The van der Waals surface area contributed by atoms with Gasteiger partial charge in [0, 0.05) is 6.26 Å². The van der Waals surface area contributed by atoms with Gasteiger partial charge in [0.1, 0.15) is 0 Å². The maximum atomic E-state index is 11.6. The molecule has 0 amide bonds. The highest BCUT2D eigenvalue weighted by Crippen LogP contribution is 2.18. The van der Waals surface area contributed by atoms with E-state index in [1.165, 1.54) is 25.1 Å². The molecule has 0 aliphatic heterocycles. The summed E-state index contributed by atoms with van der Waals surface area (Å²) >= 11 is 0. The molecule has 1 aromatic rings. The number of sulfone groups is 1. The van der Waals surface area contributed by atoms with E-state index in [9.17, 15) is 21.6 Å². The van der Waals surface area contributed by atoms with E-state index in [-0.39, 0.29) is 11.3 Å². The molecule has 7 nitrogen and oxygen atoms in total. The molecule has 19 heavy (non-hydrogen) atoms. The van der Waals surface area contributed by atoms with Gasteiger partial charge in [-0.05, 0) is 30.7 Å². The number of aromatic carboxylic acids is 1. The highest BCUT2D eigenvalue weighted by molar-refractivity contribution is 8.08. The van der Waals surface area contributed by atoms with Crippen LogP contribution in [0.3, 0.4) is 0 Å². The van der Waals surface area contributed by atoms with Gasteiger partial charge in [-0.15, -0.1) is 0 Å². The van der Waals surface area contributed by atoms with Gasteiger partial charge in [-0.3, -0.25) is 4.72 Å². The minimum absolute atomic E-state index is 0.0172. The van der Waals surface area contributed by atoms with Crippen molar-refractivity contribution < 1.29 is 26.7 Å². The van der Waals surface area contributed by atoms with E-state index < -0.39 is 30.9 Å². The molecule has 9 heteroatoms. The summed E-state index contributed by atoms with van der Waals surface area (Å²) in [6, 6.07) is 3.80. The summed E-state index contributed by atoms with van der Waals surface area (Å²) < 4.78 is 47.2. The zero-order chi connectivity index (χ0) is 14.8. The van der Waals surface area contributed by atoms with Gasteiger partial charge in [0.25, 0.3) is 0 Å². The third-order valence-corrected chi connectivity index (χ3v) is 5.59. The van der Waals surface area contributed by atoms with Crippen LogP contribution in [0.25, 0.3) is 0 Å². The highest BCUT2D eigenvalue weighted by Gasteiger charge is 2.19. The molecule has 0 saturated carbocycles. The van der Waals surface area contributed by atoms with Crippen molar-refractivity contribution in [2.24, 2.45) is 0 Å². The molecule has 0 heterocycles. The number of rotatable bonds is 5. The largest absolute Gasteiger partial charge is 0.478 e. The van der Waals surface area contributed by atoms with Gasteiger partial charge in [-0.25, -0.2) is 21.6 Å². The van der Waals surface area contributed by atoms with Crippen molar-refractivity contribution in [2.75, 3.05) is 16.1 Å². The molecule has 0 spiro atoms. The first kappa shape index (κ1) is 15.4. The minimum atomic E-state index is -4.03. The first-order valence-corrected chi connectivity index (χ1v) is 8.73. The van der Waals surface area contributed by atoms with Crippen LogP contribution < -0.4 is 4.72 Å². The molecule has 0 radical (unpaired) electrons. The summed E-state index contributed by atoms with van der Waals surface area (Å²) in [4.78, 5) is 10.7. The predicted octanol–water partition coefficient (Wildman–Crippen LogP) is 0.437. The van der Waals surface area contributed by atoms with Crippen LogP contribution in [-0.2, 0) is 19.9 Å². The summed E-state index contributed by atoms with van der Waals surface area (Å²) in [5.74, 6) is -1.13. The Kier molecular flexibility index (Phi) is 4.21. The predicted molar refractivity (Wildman–Crippen MR) is 70.4 cm³/mol. The smallest absolute Gasteiger partial charge is 0.335 e. The molecule has 2 N–H and O–H groups in total. The maximum absolute atomic E-state index is 11.6. The molecule has 106 valence electrons. The average molecular weight is 307 g/mol. The zero-order valence-corrected chi connectivity index (χ0v) is 11.9. The number of anilines is 1. The van der Waals surface area contributed by atoms with Crippen LogP contribution >= 0.6 is 0 Å². The zero-order valence-electron chi connectivity index (χ0n) is 10.2. The fourth-order valence-corrected chi connectivity index (χ4v) is 4.44. The molecular formula is C10H13NO6S2. The first-order valence-electron chi connectivity index (χ1n) is 5.02. The van der Waals surface area contributed by atoms with Crippen LogP contribution in [0.2, 0.25) is 0 Å². The Morgan fingerprint density at radius 2 is 1.84 bits per heavy atom. The van der Waals surface area contributed by atoms with E-state index in [4.69, 9.17) is 5.11 Å². The van der Waals surface area contributed by atoms with Crippen molar-refractivity contribution in [3.8, 4) is 0 Å². The lowest BCUT2D eigenvalue weighted by molar-refractivity contribution is 0.0697. The summed E-state index contributed by atoms with van der Waals surface area (Å²) in [5.41, 5.74) is 0.550. The fraction of sp³-hybridized carbons (Fsp3) is 0.300. The lowest BCUT2D eigenvalue weighted by Gasteiger charge is -2.10. The summed E-state index contributed by atoms with van der Waals surface area (Å²) in [7, 11) is -7.71. The van der Waals surface area contributed by atoms with Crippen LogP contribution in [0, 0.1) is 6.92 Å². The molecule has 0 unspecified atom stereocenters. The van der Waals surface area contributed by atoms with Gasteiger partial charge >= 0.3 is 5.97 Å². The standard InChI is InChI=1S/C10H13NO6S2/c1-7-5-8(10(12)13)3-4-9(7)11-19(16,17)6-18(2,14)15/h3-5,11H,6H2,1-2H3,(H,12,13). The number of carboxylic acid groups (broad SMARTS) is 1. The lowest BCUT2D eigenvalue weighted by atomic mass is 10.1. The summed E-state index contributed by atoms with van der Waals surface area (Å²) in [5, 5.41) is 7.74. The van der Waals surface area contributed by atoms with E-state index in [0.717, 1.165) is 6.26 Å². The van der Waals surface area contributed by atoms with E-state index in [1.54, 1.807) is 0 Å². The van der Waals surface area contributed by atoms with Crippen molar-refractivity contribution in [3.63, 3.8) is 0 Å². The van der Waals surface area contributed by atoms with Gasteiger partial charge in [-0.2, -0.15) is 0 Å². The summed E-state index contributed by atoms with van der Waals surface area (Å²) in [6.45, 7) is 1.52. The third-order valence-electron chi connectivity index (χ3n) is 2.11. The third kappa shape index (κ3) is 4.87. The second kappa shape index (κ2) is 5.17. The number of aryl methyl sites for hydroxylation is 1. The highest BCUT2D eigenvalue weighted by atomic mass is 32.3. The molecule has 0 aromatic heterocycles. The molecule has 0 bridgehead atoms. The number of hydrogen-bond donors (Lipinski definition) is 2. The van der Waals surface area contributed by atoms with E-state index in [1.807, 2.05) is 0 Å². The Bertz CT molecular complexity index is 706. The Labute approximate surface area is 111 Å². The molecular weight excluding hydrogens is 294 g/mol. The van der Waals surface area contributed by atoms with Crippen LogP contribution in [0.4, 0.5) is 5.69 Å². The molecule has 0 fully saturated rings. The molecule has 0 saturated heterocycles. The fourth-order valence-electron chi connectivity index (χ4n) is 1.39. The quantitative estimate of drug-likeness (QED) is 0.815. The first-order chi connectivity index (χ1) is 8.50. The van der Waals surface area contributed by atoms with Crippen LogP contribution in [-0.4, -0.2) is 39.3 Å². The second-order valence-corrected chi connectivity index (χ2v) is 8.32. The van der Waals surface area contributed by atoms with Gasteiger partial charge < -0.3 is 5.11 Å². The van der Waals surface area contributed by atoms with Crippen LogP contribution in [0.5, 0.6) is 0 Å². The number of benzene rings is 1. The number of carbonyl (C=O) groups is 1. The molecule has 0 aliphatic carbocycles. The topological polar surface area (TPSA) is 118 Å². The van der Waals surface area contributed by atoms with Crippen molar-refractivity contribution in [3.05, 3.63) is 29.3 Å². The average Bonchev–Trinajstić information content (AvgIpc) is 2.16. The molecule has 1 rings (SSSR count). The van der Waals surface area contributed by atoms with E-state index in [0.29, 0.717) is 5.56 Å². The second-order valence-electron chi connectivity index (χ2n) is 4.10. The lowest BCUT2D eigenvalue weighted by Crippen LogP contribution is -2.22. The van der Waals surface area contributed by atoms with Gasteiger partial charge in [0.15, 0.2) is 14.9 Å². The van der Waals surface area contributed by atoms with Crippen molar-refractivity contribution in [1.82, 2.24) is 0 Å². The number of nitrogens with one attached hydrogen (secondary N) is 1. The SMILES string of the molecule is Cc1cc(C(=O)O)ccc1NS(=O)(=O)CS(C)(=O)=O. The number of carboxylic acids is 1. The molecule has 0 atom stereocenters. The van der Waals surface area contributed by atoms with Crippen molar-refractivity contribution in [1.29, 1.82) is 0 Å². The van der Waals surface area contributed by atoms with Gasteiger partial charge in [-0.1, -0.05) is 0 Å². The number of hydrogen-bond acceptors (Lipinski definition) is 5. The minimum Gasteiger partial charge on any atom is -0.478 e. The normalized spacial score (nSPS) is 12.1. The Morgan fingerprint density at radius 3 is 2.26 bits per heavy atom. The Morgan fingerprint density at radius 1 is 1.26 bits per heavy atom. The van der Waals surface area contributed by atoms with Gasteiger partial charge in [0.05, 0.1) is 11.3 Å². The van der Waals surface area contributed by atoms with Gasteiger partial charge in [0.2, 0.25) is 10.0 Å². The monoisotopic (exact) mass is 307 g/mol. The Hall–Kier alpha value is -1.61. The maximum Gasteiger partial charge on any atom is 0.335 e. The summed E-state index contributed by atoms with van der Waals surface area (Å²) in [6.07, 6.45) is 0.812. The van der Waals surface area contributed by atoms with E-state index >= 15 is 0 Å². The van der Waals surface area contributed by atoms with E-state index in [2.05, 4.69) is 4.72 Å². The number of sulfonamides is 1. The molecule has 1 aromatic carbocycles. The van der Waals surface area contributed by atoms with Crippen molar-refractivity contribution >= 4 is 31.5 Å². The Balaban J connectivity index is 3.04. The molecule has 0 aliphatic rings. The van der Waals surface area contributed by atoms with Crippen LogP contribution in [0.15, 0.2) is 18.2 Å².